The highest BCUT2D eigenvalue weighted by atomic mass is 32.1. The van der Waals surface area contributed by atoms with Crippen LogP contribution in [0.4, 0.5) is 5.00 Å². The van der Waals surface area contributed by atoms with E-state index in [2.05, 4.69) is 11.4 Å². The molecule has 1 amide bonds. The number of nitrogens with one attached hydrogen (secondary N) is 1. The molecule has 29 heavy (non-hydrogen) atoms. The van der Waals surface area contributed by atoms with Crippen LogP contribution in [0.1, 0.15) is 34.5 Å². The first kappa shape index (κ1) is 18.7. The van der Waals surface area contributed by atoms with Crippen molar-refractivity contribution in [2.45, 2.75) is 25.7 Å². The molecule has 0 unspecified atom stereocenters. The Hall–Kier alpha value is -3.61. The van der Waals surface area contributed by atoms with Gasteiger partial charge in [0.25, 0.3) is 5.91 Å². The van der Waals surface area contributed by atoms with Crippen molar-refractivity contribution in [3.63, 3.8) is 0 Å². The van der Waals surface area contributed by atoms with Crippen molar-refractivity contribution in [1.29, 1.82) is 10.5 Å². The Bertz CT molecular complexity index is 1170. The summed E-state index contributed by atoms with van der Waals surface area (Å²) < 4.78 is 1.91. The lowest BCUT2D eigenvalue weighted by Gasteiger charge is -2.09. The fourth-order valence-electron chi connectivity index (χ4n) is 3.57. The second kappa shape index (κ2) is 8.18. The maximum absolute atomic E-state index is 12.8. The minimum absolute atomic E-state index is 0.00357. The van der Waals surface area contributed by atoms with Gasteiger partial charge in [-0.1, -0.05) is 18.2 Å². The van der Waals surface area contributed by atoms with Gasteiger partial charge in [0.05, 0.1) is 5.56 Å². The predicted octanol–water partition coefficient (Wildman–Crippen LogP) is 4.83. The molecule has 0 aliphatic heterocycles. The van der Waals surface area contributed by atoms with Crippen LogP contribution >= 0.6 is 11.3 Å². The zero-order valence-corrected chi connectivity index (χ0v) is 16.5. The van der Waals surface area contributed by atoms with Gasteiger partial charge < -0.3 is 9.88 Å². The summed E-state index contributed by atoms with van der Waals surface area (Å²) in [6.07, 6.45) is 7.43. The average molecular weight is 398 g/mol. The van der Waals surface area contributed by atoms with E-state index in [9.17, 15) is 15.3 Å². The van der Waals surface area contributed by atoms with Crippen LogP contribution in [-0.2, 0) is 17.6 Å². The van der Waals surface area contributed by atoms with E-state index in [1.807, 2.05) is 59.3 Å². The number of benzene rings is 1. The van der Waals surface area contributed by atoms with Gasteiger partial charge in [-0.3, -0.25) is 4.79 Å². The lowest BCUT2D eigenvalue weighted by atomic mass is 9.96. The fraction of sp³-hybridized carbons (Fsp3) is 0.174. The summed E-state index contributed by atoms with van der Waals surface area (Å²) in [7, 11) is 0. The number of nitriles is 2. The van der Waals surface area contributed by atoms with Crippen molar-refractivity contribution in [2.75, 3.05) is 5.32 Å². The minimum Gasteiger partial charge on any atom is -0.317 e. The molecule has 3 aromatic rings. The van der Waals surface area contributed by atoms with Crippen molar-refractivity contribution >= 4 is 28.3 Å². The molecule has 0 saturated heterocycles. The van der Waals surface area contributed by atoms with Gasteiger partial charge in [-0.2, -0.15) is 10.5 Å². The second-order valence-electron chi connectivity index (χ2n) is 6.79. The Morgan fingerprint density at radius 1 is 1.10 bits per heavy atom. The highest BCUT2D eigenvalue weighted by molar-refractivity contribution is 7.16. The number of carbonyl (C=O) groups excluding carboxylic acids is 1. The van der Waals surface area contributed by atoms with E-state index in [1.165, 1.54) is 16.2 Å². The molecule has 0 spiro atoms. The number of amides is 1. The molecule has 0 radical (unpaired) electrons. The Morgan fingerprint density at radius 2 is 1.90 bits per heavy atom. The quantitative estimate of drug-likeness (QED) is 0.504. The van der Waals surface area contributed by atoms with Gasteiger partial charge in [-0.15, -0.1) is 11.3 Å². The zero-order chi connectivity index (χ0) is 20.2. The molecule has 1 aliphatic carbocycles. The molecule has 142 valence electrons. The number of thiophene rings is 1. The number of aryl methyl sites for hydroxylation is 1. The van der Waals surface area contributed by atoms with Crippen LogP contribution in [0.5, 0.6) is 0 Å². The SMILES string of the molecule is N#C/C(=C\c1cccn1-c1ccccc1)C(=O)Nc1sc2c(c1C#N)CCCC2. The monoisotopic (exact) mass is 398 g/mol. The molecule has 4 rings (SSSR count). The number of nitrogens with zero attached hydrogens (tertiary/aromatic N) is 3. The number of hydrogen-bond donors (Lipinski definition) is 1. The first-order valence-corrected chi connectivity index (χ1v) is 10.2. The van der Waals surface area contributed by atoms with Gasteiger partial charge in [-0.25, -0.2) is 0 Å². The largest absolute Gasteiger partial charge is 0.317 e. The Morgan fingerprint density at radius 3 is 2.66 bits per heavy atom. The summed E-state index contributed by atoms with van der Waals surface area (Å²) in [5, 5.41) is 22.5. The van der Waals surface area contributed by atoms with E-state index in [4.69, 9.17) is 0 Å². The molecule has 0 fully saturated rings. The Balaban J connectivity index is 1.63. The first-order chi connectivity index (χ1) is 14.2. The molecule has 1 aliphatic rings. The molecule has 1 N–H and O–H groups in total. The fourth-order valence-corrected chi connectivity index (χ4v) is 4.81. The number of rotatable bonds is 4. The van der Waals surface area contributed by atoms with Crippen LogP contribution in [0.15, 0.2) is 54.2 Å². The molecule has 2 heterocycles. The van der Waals surface area contributed by atoms with Crippen molar-refractivity contribution < 1.29 is 4.79 Å². The lowest BCUT2D eigenvalue weighted by molar-refractivity contribution is -0.112. The zero-order valence-electron chi connectivity index (χ0n) is 15.7. The van der Waals surface area contributed by atoms with E-state index in [0.717, 1.165) is 42.6 Å². The molecular weight excluding hydrogens is 380 g/mol. The number of fused-ring (bicyclic) bond motifs is 1. The maximum atomic E-state index is 12.8. The third-order valence-electron chi connectivity index (χ3n) is 4.98. The average Bonchev–Trinajstić information content (AvgIpc) is 3.36. The molecule has 1 aromatic carbocycles. The van der Waals surface area contributed by atoms with E-state index in [1.54, 1.807) is 6.08 Å². The normalized spacial score (nSPS) is 13.2. The highest BCUT2D eigenvalue weighted by Gasteiger charge is 2.22. The number of anilines is 1. The topological polar surface area (TPSA) is 81.6 Å². The number of hydrogen-bond acceptors (Lipinski definition) is 4. The van der Waals surface area contributed by atoms with E-state index >= 15 is 0 Å². The Labute approximate surface area is 173 Å². The van der Waals surface area contributed by atoms with E-state index in [-0.39, 0.29) is 5.57 Å². The molecule has 0 atom stereocenters. The standard InChI is InChI=1S/C23H18N4OS/c24-14-16(13-18-9-6-12-27(18)17-7-2-1-3-8-17)22(28)26-23-20(15-25)19-10-4-5-11-21(19)29-23/h1-3,6-9,12-13H,4-5,10-11H2,(H,26,28)/b16-13+. The minimum atomic E-state index is -0.497. The molecule has 0 saturated carbocycles. The van der Waals surface area contributed by atoms with E-state index < -0.39 is 5.91 Å². The summed E-state index contributed by atoms with van der Waals surface area (Å²) >= 11 is 1.45. The van der Waals surface area contributed by atoms with Crippen molar-refractivity contribution in [2.24, 2.45) is 0 Å². The van der Waals surface area contributed by atoms with Crippen LogP contribution in [0, 0.1) is 22.7 Å². The molecule has 2 aromatic heterocycles. The number of aromatic nitrogens is 1. The van der Waals surface area contributed by atoms with Gasteiger partial charge in [-0.05, 0) is 61.6 Å². The van der Waals surface area contributed by atoms with Gasteiger partial charge in [0.2, 0.25) is 0 Å². The van der Waals surface area contributed by atoms with Crippen LogP contribution in [0.2, 0.25) is 0 Å². The van der Waals surface area contributed by atoms with Crippen molar-refractivity contribution in [3.05, 3.63) is 75.9 Å². The second-order valence-corrected chi connectivity index (χ2v) is 7.89. The molecular formula is C23H18N4OS. The van der Waals surface area contributed by atoms with Crippen LogP contribution < -0.4 is 5.32 Å². The third kappa shape index (κ3) is 3.71. The van der Waals surface area contributed by atoms with E-state index in [0.29, 0.717) is 10.6 Å². The summed E-state index contributed by atoms with van der Waals surface area (Å²) in [5.74, 6) is -0.497. The highest BCUT2D eigenvalue weighted by Crippen LogP contribution is 2.37. The lowest BCUT2D eigenvalue weighted by Crippen LogP contribution is -2.13. The van der Waals surface area contributed by atoms with Crippen LogP contribution in [0.25, 0.3) is 11.8 Å². The first-order valence-electron chi connectivity index (χ1n) is 9.42. The number of para-hydroxylation sites is 1. The molecule has 5 nitrogen and oxygen atoms in total. The van der Waals surface area contributed by atoms with Crippen LogP contribution in [0.3, 0.4) is 0 Å². The van der Waals surface area contributed by atoms with Crippen molar-refractivity contribution in [3.8, 4) is 17.8 Å². The summed E-state index contributed by atoms with van der Waals surface area (Å²) in [6, 6.07) is 17.7. The summed E-state index contributed by atoms with van der Waals surface area (Å²) in [4.78, 5) is 14.0. The van der Waals surface area contributed by atoms with Gasteiger partial charge in [0.1, 0.15) is 22.7 Å². The maximum Gasteiger partial charge on any atom is 0.267 e. The van der Waals surface area contributed by atoms with Gasteiger partial charge in [0.15, 0.2) is 0 Å². The van der Waals surface area contributed by atoms with Crippen molar-refractivity contribution in [1.82, 2.24) is 4.57 Å². The molecule has 0 bridgehead atoms. The van der Waals surface area contributed by atoms with Gasteiger partial charge >= 0.3 is 0 Å². The summed E-state index contributed by atoms with van der Waals surface area (Å²) in [5.41, 5.74) is 3.27. The number of carbonyl (C=O) groups is 1. The smallest absolute Gasteiger partial charge is 0.267 e. The Kier molecular flexibility index (Phi) is 5.29. The third-order valence-corrected chi connectivity index (χ3v) is 6.19. The summed E-state index contributed by atoms with van der Waals surface area (Å²) in [6.45, 7) is 0. The van der Waals surface area contributed by atoms with Gasteiger partial charge in [0, 0.05) is 22.5 Å². The van der Waals surface area contributed by atoms with Crippen LogP contribution in [-0.4, -0.2) is 10.5 Å². The molecule has 6 heteroatoms. The predicted molar refractivity (Wildman–Crippen MR) is 114 cm³/mol.